The number of aryl methyl sites for hydroxylation is 1. The average molecular weight is 454 g/mol. The first-order valence-corrected chi connectivity index (χ1v) is 9.29. The summed E-state index contributed by atoms with van der Waals surface area (Å²) in [5, 5.41) is 3.42. The highest BCUT2D eigenvalue weighted by molar-refractivity contribution is 5.85. The van der Waals surface area contributed by atoms with Crippen LogP contribution in [0.4, 0.5) is 26.3 Å². The Morgan fingerprint density at radius 1 is 0.933 bits per heavy atom. The molecule has 0 aliphatic carbocycles. The summed E-state index contributed by atoms with van der Waals surface area (Å²) in [5.74, 6) is 0.406. The van der Waals surface area contributed by atoms with Crippen molar-refractivity contribution in [3.8, 4) is 5.75 Å². The maximum Gasteiger partial charge on any atom is 0.416 e. The van der Waals surface area contributed by atoms with E-state index in [1.807, 2.05) is 13.0 Å². The Bertz CT molecular complexity index is 827. The minimum absolute atomic E-state index is 0. The van der Waals surface area contributed by atoms with Crippen molar-refractivity contribution in [2.45, 2.75) is 51.2 Å². The first kappa shape index (κ1) is 24.3. The second-order valence-corrected chi connectivity index (χ2v) is 7.22. The normalized spacial score (nSPS) is 17.4. The zero-order chi connectivity index (χ0) is 21.2. The van der Waals surface area contributed by atoms with Crippen LogP contribution in [0.15, 0.2) is 36.4 Å². The quantitative estimate of drug-likeness (QED) is 0.511. The fourth-order valence-corrected chi connectivity index (χ4v) is 3.47. The monoisotopic (exact) mass is 453 g/mol. The minimum Gasteiger partial charge on any atom is -0.489 e. The first-order valence-electron chi connectivity index (χ1n) is 9.29. The van der Waals surface area contributed by atoms with E-state index in [0.717, 1.165) is 36.9 Å². The van der Waals surface area contributed by atoms with Crippen molar-refractivity contribution >= 4 is 12.4 Å². The summed E-state index contributed by atoms with van der Waals surface area (Å²) in [6.07, 6.45) is -6.60. The molecule has 9 heteroatoms. The molecule has 3 rings (SSSR count). The van der Waals surface area contributed by atoms with E-state index in [1.54, 1.807) is 12.1 Å². The van der Waals surface area contributed by atoms with Crippen LogP contribution in [0.25, 0.3) is 0 Å². The Hall–Kier alpha value is -1.93. The van der Waals surface area contributed by atoms with Crippen LogP contribution in [-0.4, -0.2) is 6.54 Å². The molecule has 1 aliphatic rings. The average Bonchev–Trinajstić information content (AvgIpc) is 2.66. The summed E-state index contributed by atoms with van der Waals surface area (Å²) < 4.78 is 83.5. The number of benzene rings is 2. The van der Waals surface area contributed by atoms with Gasteiger partial charge in [-0.25, -0.2) is 0 Å². The Balaban J connectivity index is 0.00000320. The van der Waals surface area contributed by atoms with E-state index in [4.69, 9.17) is 4.74 Å². The molecule has 0 aromatic heterocycles. The third-order valence-electron chi connectivity index (χ3n) is 4.99. The van der Waals surface area contributed by atoms with Gasteiger partial charge in [-0.3, -0.25) is 0 Å². The molecule has 1 aliphatic heterocycles. The zero-order valence-electron chi connectivity index (χ0n) is 16.2. The van der Waals surface area contributed by atoms with Gasteiger partial charge >= 0.3 is 12.4 Å². The third kappa shape index (κ3) is 6.04. The summed E-state index contributed by atoms with van der Waals surface area (Å²) in [4.78, 5) is 0. The summed E-state index contributed by atoms with van der Waals surface area (Å²) >= 11 is 0. The molecular formula is C21H22ClF6NO. The first-order chi connectivity index (χ1) is 13.5. The minimum atomic E-state index is -4.88. The van der Waals surface area contributed by atoms with E-state index in [9.17, 15) is 26.3 Å². The molecule has 2 aromatic rings. The van der Waals surface area contributed by atoms with Crippen LogP contribution >= 0.6 is 12.4 Å². The van der Waals surface area contributed by atoms with Gasteiger partial charge in [0, 0.05) is 6.04 Å². The molecule has 1 saturated heterocycles. The SMILES string of the molecule is Cc1ccc(OCc2cc(C(F)(F)F)cc(C(F)(F)F)c2)cc1C1CCCCN1.Cl. The van der Waals surface area contributed by atoms with E-state index in [2.05, 4.69) is 5.32 Å². The molecule has 1 N–H and O–H groups in total. The highest BCUT2D eigenvalue weighted by Crippen LogP contribution is 2.36. The lowest BCUT2D eigenvalue weighted by molar-refractivity contribution is -0.143. The number of piperidine rings is 1. The molecule has 1 atom stereocenters. The van der Waals surface area contributed by atoms with Crippen molar-refractivity contribution < 1.29 is 31.1 Å². The third-order valence-corrected chi connectivity index (χ3v) is 4.99. The summed E-state index contributed by atoms with van der Waals surface area (Å²) in [6.45, 7) is 2.46. The molecule has 1 fully saturated rings. The smallest absolute Gasteiger partial charge is 0.416 e. The molecule has 1 unspecified atom stereocenters. The number of rotatable bonds is 4. The summed E-state index contributed by atoms with van der Waals surface area (Å²) in [5.41, 5.74) is -0.800. The van der Waals surface area contributed by atoms with E-state index < -0.39 is 30.1 Å². The van der Waals surface area contributed by atoms with Gasteiger partial charge in [-0.1, -0.05) is 12.5 Å². The van der Waals surface area contributed by atoms with Crippen molar-refractivity contribution in [1.29, 1.82) is 0 Å². The molecular weight excluding hydrogens is 432 g/mol. The number of nitrogens with one attached hydrogen (secondary N) is 1. The number of hydrogen-bond donors (Lipinski definition) is 1. The van der Waals surface area contributed by atoms with Gasteiger partial charge in [-0.05, 0) is 73.3 Å². The molecule has 0 bridgehead atoms. The van der Waals surface area contributed by atoms with Gasteiger partial charge in [-0.2, -0.15) is 26.3 Å². The van der Waals surface area contributed by atoms with Crippen LogP contribution < -0.4 is 10.1 Å². The van der Waals surface area contributed by atoms with Crippen molar-refractivity contribution in [3.05, 3.63) is 64.2 Å². The Labute approximate surface area is 177 Å². The fourth-order valence-electron chi connectivity index (χ4n) is 3.47. The van der Waals surface area contributed by atoms with E-state index in [0.29, 0.717) is 17.9 Å². The predicted molar refractivity (Wildman–Crippen MR) is 104 cm³/mol. The maximum absolute atomic E-state index is 13.0. The molecule has 30 heavy (non-hydrogen) atoms. The highest BCUT2D eigenvalue weighted by Gasteiger charge is 2.36. The Morgan fingerprint density at radius 2 is 1.57 bits per heavy atom. The Morgan fingerprint density at radius 3 is 2.10 bits per heavy atom. The van der Waals surface area contributed by atoms with Crippen molar-refractivity contribution in [2.24, 2.45) is 0 Å². The lowest BCUT2D eigenvalue weighted by Gasteiger charge is -2.25. The molecule has 0 amide bonds. The summed E-state index contributed by atoms with van der Waals surface area (Å²) in [7, 11) is 0. The van der Waals surface area contributed by atoms with Crippen molar-refractivity contribution in [3.63, 3.8) is 0 Å². The number of ether oxygens (including phenoxy) is 1. The topological polar surface area (TPSA) is 21.3 Å². The molecule has 2 nitrogen and oxygen atoms in total. The fraction of sp³-hybridized carbons (Fsp3) is 0.429. The summed E-state index contributed by atoms with van der Waals surface area (Å²) in [6, 6.07) is 6.96. The Kier molecular flexibility index (Phi) is 7.69. The van der Waals surface area contributed by atoms with E-state index >= 15 is 0 Å². The standard InChI is InChI=1S/C21H21F6NO.ClH/c1-13-5-6-17(11-18(13)19-4-2-3-7-28-19)29-12-14-8-15(20(22,23)24)10-16(9-14)21(25,26)27;/h5-6,8-11,19,28H,2-4,7,12H2,1H3;1H. The van der Waals surface area contributed by atoms with E-state index in [-0.39, 0.29) is 30.1 Å². The van der Waals surface area contributed by atoms with E-state index in [1.165, 1.54) is 0 Å². The van der Waals surface area contributed by atoms with Gasteiger partial charge in [0.1, 0.15) is 12.4 Å². The molecule has 0 saturated carbocycles. The molecule has 0 radical (unpaired) electrons. The van der Waals surface area contributed by atoms with Gasteiger partial charge in [-0.15, -0.1) is 12.4 Å². The number of alkyl halides is 6. The van der Waals surface area contributed by atoms with Gasteiger partial charge in [0.25, 0.3) is 0 Å². The largest absolute Gasteiger partial charge is 0.489 e. The lowest BCUT2D eigenvalue weighted by Crippen LogP contribution is -2.27. The molecule has 0 spiro atoms. The van der Waals surface area contributed by atoms with Gasteiger partial charge in [0.2, 0.25) is 0 Å². The number of hydrogen-bond acceptors (Lipinski definition) is 2. The molecule has 2 aromatic carbocycles. The van der Waals surface area contributed by atoms with Crippen LogP contribution in [0.2, 0.25) is 0 Å². The van der Waals surface area contributed by atoms with Crippen LogP contribution in [0, 0.1) is 6.92 Å². The maximum atomic E-state index is 13.0. The second kappa shape index (κ2) is 9.47. The second-order valence-electron chi connectivity index (χ2n) is 7.22. The zero-order valence-corrected chi connectivity index (χ0v) is 17.0. The van der Waals surface area contributed by atoms with Gasteiger partial charge in [0.05, 0.1) is 11.1 Å². The van der Waals surface area contributed by atoms with Crippen LogP contribution in [0.1, 0.15) is 53.1 Å². The number of halogens is 7. The van der Waals surface area contributed by atoms with Gasteiger partial charge < -0.3 is 10.1 Å². The van der Waals surface area contributed by atoms with Crippen LogP contribution in [0.5, 0.6) is 5.75 Å². The van der Waals surface area contributed by atoms with Gasteiger partial charge in [0.15, 0.2) is 0 Å². The molecule has 166 valence electrons. The van der Waals surface area contributed by atoms with Crippen LogP contribution in [0.3, 0.4) is 0 Å². The van der Waals surface area contributed by atoms with Crippen molar-refractivity contribution in [2.75, 3.05) is 6.54 Å². The highest BCUT2D eigenvalue weighted by atomic mass is 35.5. The lowest BCUT2D eigenvalue weighted by atomic mass is 9.94. The predicted octanol–water partition coefficient (Wildman–Crippen LogP) is 6.85. The van der Waals surface area contributed by atoms with Crippen LogP contribution in [-0.2, 0) is 19.0 Å². The molecule has 1 heterocycles. The van der Waals surface area contributed by atoms with Crippen molar-refractivity contribution in [1.82, 2.24) is 5.32 Å².